The van der Waals surface area contributed by atoms with Crippen LogP contribution in [0.3, 0.4) is 0 Å². The number of hydrogen-bond donors (Lipinski definition) is 2. The van der Waals surface area contributed by atoms with E-state index in [0.29, 0.717) is 5.92 Å². The van der Waals surface area contributed by atoms with Gasteiger partial charge in [-0.15, -0.1) is 0 Å². The third-order valence-electron chi connectivity index (χ3n) is 4.95. The predicted molar refractivity (Wildman–Crippen MR) is 92.6 cm³/mol. The summed E-state index contributed by atoms with van der Waals surface area (Å²) in [5.41, 5.74) is 4.57. The Kier molecular flexibility index (Phi) is 5.09. The number of nitrogens with zero attached hydrogens (tertiary/aromatic N) is 1. The van der Waals surface area contributed by atoms with Crippen molar-refractivity contribution >= 4 is 18.0 Å². The molecule has 0 aromatic carbocycles. The molecular weight excluding hydrogens is 278 g/mol. The lowest BCUT2D eigenvalue weighted by Gasteiger charge is -2.30. The highest BCUT2D eigenvalue weighted by Crippen LogP contribution is 2.35. The van der Waals surface area contributed by atoms with E-state index in [-0.39, 0.29) is 0 Å². The molecule has 1 aliphatic heterocycles. The summed E-state index contributed by atoms with van der Waals surface area (Å²) in [6.45, 7) is 2.48. The molecule has 3 rings (SSSR count). The molecule has 2 heterocycles. The van der Waals surface area contributed by atoms with Gasteiger partial charge in [-0.3, -0.25) is 4.72 Å². The number of piperidine rings is 1. The molecule has 2 N–H and O–H groups in total. The molecule has 1 aromatic heterocycles. The SMILES string of the molecule is CNSCCC1C=Cc2[nH]cc(C3CCN(C)CC3)c2C1. The Morgan fingerprint density at radius 2 is 2.19 bits per heavy atom. The minimum Gasteiger partial charge on any atom is -0.361 e. The van der Waals surface area contributed by atoms with Crippen LogP contribution in [0.15, 0.2) is 12.3 Å². The average molecular weight is 305 g/mol. The summed E-state index contributed by atoms with van der Waals surface area (Å²) >= 11 is 1.82. The van der Waals surface area contributed by atoms with Crippen molar-refractivity contribution in [1.29, 1.82) is 0 Å². The molecule has 4 heteroatoms. The second kappa shape index (κ2) is 7.03. The predicted octanol–water partition coefficient (Wildman–Crippen LogP) is 3.27. The Morgan fingerprint density at radius 1 is 1.38 bits per heavy atom. The van der Waals surface area contributed by atoms with Crippen LogP contribution in [0.1, 0.15) is 42.0 Å². The van der Waals surface area contributed by atoms with Gasteiger partial charge < -0.3 is 9.88 Å². The van der Waals surface area contributed by atoms with Crippen LogP contribution in [0.25, 0.3) is 6.08 Å². The number of fused-ring (bicyclic) bond motifs is 1. The van der Waals surface area contributed by atoms with Crippen LogP contribution in [0.5, 0.6) is 0 Å². The van der Waals surface area contributed by atoms with E-state index in [9.17, 15) is 0 Å². The topological polar surface area (TPSA) is 31.1 Å². The third-order valence-corrected chi connectivity index (χ3v) is 5.68. The molecule has 2 aliphatic rings. The molecule has 1 atom stereocenters. The van der Waals surface area contributed by atoms with Crippen LogP contribution in [-0.4, -0.2) is 42.8 Å². The molecule has 0 radical (unpaired) electrons. The lowest BCUT2D eigenvalue weighted by molar-refractivity contribution is 0.255. The third kappa shape index (κ3) is 3.55. The van der Waals surface area contributed by atoms with E-state index in [1.165, 1.54) is 50.2 Å². The molecule has 116 valence electrons. The Hall–Kier alpha value is -0.710. The van der Waals surface area contributed by atoms with Gasteiger partial charge in [-0.1, -0.05) is 18.0 Å². The standard InChI is InChI=1S/C17H27N3S/c1-18-21-10-7-13-3-4-17-15(11-13)16(12-19-17)14-5-8-20(2)9-6-14/h3-4,12-14,18-19H,5-11H2,1-2H3. The summed E-state index contributed by atoms with van der Waals surface area (Å²) in [5, 5.41) is 0. The van der Waals surface area contributed by atoms with Gasteiger partial charge in [0.25, 0.3) is 0 Å². The first-order chi connectivity index (χ1) is 10.3. The number of aromatic amines is 1. The molecular formula is C17H27N3S. The highest BCUT2D eigenvalue weighted by molar-refractivity contribution is 7.97. The van der Waals surface area contributed by atoms with Gasteiger partial charge in [-0.05, 0) is 81.9 Å². The van der Waals surface area contributed by atoms with E-state index in [1.807, 2.05) is 19.0 Å². The summed E-state index contributed by atoms with van der Waals surface area (Å²) in [4.78, 5) is 5.96. The number of allylic oxidation sites excluding steroid dienone is 1. The number of rotatable bonds is 5. The van der Waals surface area contributed by atoms with Crippen LogP contribution >= 0.6 is 11.9 Å². The van der Waals surface area contributed by atoms with E-state index in [2.05, 4.69) is 40.0 Å². The minimum absolute atomic E-state index is 0.708. The zero-order valence-corrected chi connectivity index (χ0v) is 14.0. The molecule has 0 saturated carbocycles. The number of hydrogen-bond acceptors (Lipinski definition) is 3. The molecule has 1 unspecified atom stereocenters. The van der Waals surface area contributed by atoms with Crippen molar-refractivity contribution in [3.8, 4) is 0 Å². The van der Waals surface area contributed by atoms with Crippen molar-refractivity contribution in [1.82, 2.24) is 14.6 Å². The van der Waals surface area contributed by atoms with Crippen molar-refractivity contribution in [2.24, 2.45) is 5.92 Å². The fraction of sp³-hybridized carbons (Fsp3) is 0.647. The van der Waals surface area contributed by atoms with E-state index < -0.39 is 0 Å². The van der Waals surface area contributed by atoms with Gasteiger partial charge in [0, 0.05) is 17.6 Å². The van der Waals surface area contributed by atoms with Crippen LogP contribution in [-0.2, 0) is 6.42 Å². The number of aromatic nitrogens is 1. The van der Waals surface area contributed by atoms with E-state index >= 15 is 0 Å². The number of nitrogens with one attached hydrogen (secondary N) is 2. The first-order valence-corrected chi connectivity index (χ1v) is 9.12. The zero-order chi connectivity index (χ0) is 14.7. The van der Waals surface area contributed by atoms with Gasteiger partial charge in [0.2, 0.25) is 0 Å². The average Bonchev–Trinajstić information content (AvgIpc) is 2.92. The lowest BCUT2D eigenvalue weighted by atomic mass is 9.83. The monoisotopic (exact) mass is 305 g/mol. The first kappa shape index (κ1) is 15.2. The van der Waals surface area contributed by atoms with Crippen LogP contribution in [0.4, 0.5) is 0 Å². The summed E-state index contributed by atoms with van der Waals surface area (Å²) in [7, 11) is 4.24. The molecule has 1 fully saturated rings. The van der Waals surface area contributed by atoms with Crippen molar-refractivity contribution in [3.63, 3.8) is 0 Å². The number of H-pyrrole nitrogens is 1. The smallest absolute Gasteiger partial charge is 0.0412 e. The molecule has 1 saturated heterocycles. The molecule has 0 bridgehead atoms. The van der Waals surface area contributed by atoms with Crippen molar-refractivity contribution in [2.45, 2.75) is 31.6 Å². The minimum atomic E-state index is 0.708. The molecule has 1 aliphatic carbocycles. The van der Waals surface area contributed by atoms with E-state index in [0.717, 1.165) is 5.92 Å². The van der Waals surface area contributed by atoms with E-state index in [1.54, 1.807) is 11.1 Å². The zero-order valence-electron chi connectivity index (χ0n) is 13.2. The highest BCUT2D eigenvalue weighted by atomic mass is 32.2. The highest BCUT2D eigenvalue weighted by Gasteiger charge is 2.25. The van der Waals surface area contributed by atoms with Gasteiger partial charge >= 0.3 is 0 Å². The van der Waals surface area contributed by atoms with Gasteiger partial charge in [-0.25, -0.2) is 0 Å². The summed E-state index contributed by atoms with van der Waals surface area (Å²) in [6, 6.07) is 0. The maximum atomic E-state index is 3.50. The quantitative estimate of drug-likeness (QED) is 0.647. The number of likely N-dealkylation sites (tertiary alicyclic amines) is 1. The second-order valence-electron chi connectivity index (χ2n) is 6.38. The Morgan fingerprint density at radius 3 is 2.95 bits per heavy atom. The molecule has 0 amide bonds. The molecule has 21 heavy (non-hydrogen) atoms. The van der Waals surface area contributed by atoms with Gasteiger partial charge in [0.05, 0.1) is 0 Å². The first-order valence-electron chi connectivity index (χ1n) is 8.13. The summed E-state index contributed by atoms with van der Waals surface area (Å²) in [5.74, 6) is 2.66. The maximum Gasteiger partial charge on any atom is 0.0412 e. The summed E-state index contributed by atoms with van der Waals surface area (Å²) < 4.78 is 3.17. The van der Waals surface area contributed by atoms with Crippen LogP contribution in [0.2, 0.25) is 0 Å². The van der Waals surface area contributed by atoms with Gasteiger partial charge in [0.15, 0.2) is 0 Å². The normalized spacial score (nSPS) is 23.4. The Labute approximate surface area is 132 Å². The lowest BCUT2D eigenvalue weighted by Crippen LogP contribution is -2.29. The Bertz CT molecular complexity index is 486. The molecule has 3 nitrogen and oxygen atoms in total. The van der Waals surface area contributed by atoms with E-state index in [4.69, 9.17) is 0 Å². The van der Waals surface area contributed by atoms with Crippen molar-refractivity contribution < 1.29 is 0 Å². The van der Waals surface area contributed by atoms with Gasteiger partial charge in [0.1, 0.15) is 0 Å². The largest absolute Gasteiger partial charge is 0.361 e. The summed E-state index contributed by atoms with van der Waals surface area (Å²) in [6.07, 6.45) is 12.1. The van der Waals surface area contributed by atoms with Crippen molar-refractivity contribution in [3.05, 3.63) is 29.1 Å². The molecule has 1 aromatic rings. The van der Waals surface area contributed by atoms with Crippen LogP contribution < -0.4 is 4.72 Å². The van der Waals surface area contributed by atoms with Crippen molar-refractivity contribution in [2.75, 3.05) is 32.9 Å². The van der Waals surface area contributed by atoms with Gasteiger partial charge in [-0.2, -0.15) is 0 Å². The Balaban J connectivity index is 1.67. The fourth-order valence-corrected chi connectivity index (χ4v) is 4.24. The second-order valence-corrected chi connectivity index (χ2v) is 7.48. The van der Waals surface area contributed by atoms with Crippen LogP contribution in [0, 0.1) is 5.92 Å². The maximum absolute atomic E-state index is 3.50. The molecule has 0 spiro atoms. The fourth-order valence-electron chi connectivity index (χ4n) is 3.62.